The standard InChI is InChI=1S/C15H22F3NO2/c1-11-6-12(2)8-14(7-11)21-10-13(20)9-19-5-3-4-15(16,17)18/h6-8,13,19-20H,3-5,9-10H2,1-2H3. The molecule has 1 unspecified atom stereocenters. The van der Waals surface area contributed by atoms with Crippen molar-refractivity contribution in [3.8, 4) is 5.75 Å². The molecule has 21 heavy (non-hydrogen) atoms. The number of ether oxygens (including phenoxy) is 1. The molecule has 0 saturated heterocycles. The molecular formula is C15H22F3NO2. The minimum Gasteiger partial charge on any atom is -0.491 e. The Hall–Kier alpha value is -1.27. The number of hydrogen-bond acceptors (Lipinski definition) is 3. The summed E-state index contributed by atoms with van der Waals surface area (Å²) >= 11 is 0. The predicted octanol–water partition coefficient (Wildman–Crippen LogP) is 2.98. The third kappa shape index (κ3) is 8.57. The Bertz CT molecular complexity index is 415. The van der Waals surface area contributed by atoms with Crippen LogP contribution in [0, 0.1) is 13.8 Å². The topological polar surface area (TPSA) is 41.5 Å². The molecule has 2 N–H and O–H groups in total. The molecule has 0 heterocycles. The van der Waals surface area contributed by atoms with Crippen molar-refractivity contribution in [2.45, 2.75) is 39.0 Å². The number of hydrogen-bond donors (Lipinski definition) is 2. The van der Waals surface area contributed by atoms with Crippen LogP contribution in [0.25, 0.3) is 0 Å². The fraction of sp³-hybridized carbons (Fsp3) is 0.600. The van der Waals surface area contributed by atoms with Crippen molar-refractivity contribution >= 4 is 0 Å². The Balaban J connectivity index is 2.18. The van der Waals surface area contributed by atoms with Crippen molar-refractivity contribution in [3.63, 3.8) is 0 Å². The molecule has 0 saturated carbocycles. The zero-order chi connectivity index (χ0) is 15.9. The van der Waals surface area contributed by atoms with E-state index in [1.807, 2.05) is 32.0 Å². The first-order chi connectivity index (χ1) is 9.76. The van der Waals surface area contributed by atoms with Gasteiger partial charge in [0.2, 0.25) is 0 Å². The number of nitrogens with one attached hydrogen (secondary N) is 1. The van der Waals surface area contributed by atoms with Crippen LogP contribution in [0.4, 0.5) is 13.2 Å². The summed E-state index contributed by atoms with van der Waals surface area (Å²) in [5.74, 6) is 0.684. The molecule has 1 atom stereocenters. The van der Waals surface area contributed by atoms with Crippen molar-refractivity contribution < 1.29 is 23.0 Å². The first-order valence-electron chi connectivity index (χ1n) is 6.93. The number of halogens is 3. The molecule has 1 aromatic carbocycles. The van der Waals surface area contributed by atoms with Gasteiger partial charge in [0.25, 0.3) is 0 Å². The lowest BCUT2D eigenvalue weighted by Crippen LogP contribution is -2.32. The summed E-state index contributed by atoms with van der Waals surface area (Å²) in [6, 6.07) is 5.76. The molecule has 0 aliphatic heterocycles. The van der Waals surface area contributed by atoms with Crippen LogP contribution in [-0.2, 0) is 0 Å². The quantitative estimate of drug-likeness (QED) is 0.726. The van der Waals surface area contributed by atoms with Gasteiger partial charge in [0, 0.05) is 13.0 Å². The highest BCUT2D eigenvalue weighted by Crippen LogP contribution is 2.20. The summed E-state index contributed by atoms with van der Waals surface area (Å²) in [4.78, 5) is 0. The van der Waals surface area contributed by atoms with Gasteiger partial charge < -0.3 is 15.2 Å². The van der Waals surface area contributed by atoms with E-state index in [1.54, 1.807) is 0 Å². The van der Waals surface area contributed by atoms with Gasteiger partial charge in [0.1, 0.15) is 18.5 Å². The van der Waals surface area contributed by atoms with Crippen molar-refractivity contribution in [3.05, 3.63) is 29.3 Å². The predicted molar refractivity (Wildman–Crippen MR) is 75.6 cm³/mol. The molecule has 1 aromatic rings. The summed E-state index contributed by atoms with van der Waals surface area (Å²) in [7, 11) is 0. The monoisotopic (exact) mass is 305 g/mol. The van der Waals surface area contributed by atoms with E-state index in [4.69, 9.17) is 4.74 Å². The van der Waals surface area contributed by atoms with Crippen LogP contribution < -0.4 is 10.1 Å². The van der Waals surface area contributed by atoms with E-state index in [0.29, 0.717) is 5.75 Å². The molecule has 6 heteroatoms. The fourth-order valence-electron chi connectivity index (χ4n) is 1.95. The number of aryl methyl sites for hydroxylation is 2. The van der Waals surface area contributed by atoms with E-state index in [0.717, 1.165) is 11.1 Å². The summed E-state index contributed by atoms with van der Waals surface area (Å²) in [5.41, 5.74) is 2.15. The average Bonchev–Trinajstić information content (AvgIpc) is 2.33. The Morgan fingerprint density at radius 2 is 1.81 bits per heavy atom. The number of aliphatic hydroxyl groups is 1. The van der Waals surface area contributed by atoms with Gasteiger partial charge in [-0.3, -0.25) is 0 Å². The Morgan fingerprint density at radius 3 is 2.38 bits per heavy atom. The molecule has 0 aliphatic rings. The first-order valence-corrected chi connectivity index (χ1v) is 6.93. The lowest BCUT2D eigenvalue weighted by Gasteiger charge is -2.14. The van der Waals surface area contributed by atoms with Crippen LogP contribution in [0.5, 0.6) is 5.75 Å². The first kappa shape index (κ1) is 17.8. The highest BCUT2D eigenvalue weighted by molar-refractivity contribution is 5.32. The highest BCUT2D eigenvalue weighted by atomic mass is 19.4. The Kier molecular flexibility index (Phi) is 6.98. The van der Waals surface area contributed by atoms with Crippen LogP contribution in [0.3, 0.4) is 0 Å². The van der Waals surface area contributed by atoms with Crippen molar-refractivity contribution in [2.24, 2.45) is 0 Å². The zero-order valence-corrected chi connectivity index (χ0v) is 12.3. The van der Waals surface area contributed by atoms with Crippen LogP contribution in [0.2, 0.25) is 0 Å². The number of aliphatic hydroxyl groups excluding tert-OH is 1. The van der Waals surface area contributed by atoms with Crippen molar-refractivity contribution in [2.75, 3.05) is 19.7 Å². The van der Waals surface area contributed by atoms with Crippen LogP contribution in [0.15, 0.2) is 18.2 Å². The van der Waals surface area contributed by atoms with Gasteiger partial charge in [-0.25, -0.2) is 0 Å². The number of alkyl halides is 3. The molecule has 0 spiro atoms. The molecule has 0 radical (unpaired) electrons. The molecule has 0 amide bonds. The largest absolute Gasteiger partial charge is 0.491 e. The van der Waals surface area contributed by atoms with Gasteiger partial charge in [-0.2, -0.15) is 13.2 Å². The summed E-state index contributed by atoms with van der Waals surface area (Å²) in [5, 5.41) is 12.5. The van der Waals surface area contributed by atoms with E-state index >= 15 is 0 Å². The molecular weight excluding hydrogens is 283 g/mol. The molecule has 120 valence electrons. The van der Waals surface area contributed by atoms with Gasteiger partial charge in [-0.05, 0) is 50.1 Å². The molecule has 0 aromatic heterocycles. The molecule has 0 aliphatic carbocycles. The minimum atomic E-state index is -4.12. The van der Waals surface area contributed by atoms with Gasteiger partial charge in [-0.1, -0.05) is 6.07 Å². The van der Waals surface area contributed by atoms with Crippen LogP contribution in [-0.4, -0.2) is 37.1 Å². The second kappa shape index (κ2) is 8.24. The third-order valence-corrected chi connectivity index (χ3v) is 2.83. The molecule has 0 fully saturated rings. The van der Waals surface area contributed by atoms with Gasteiger partial charge in [0.15, 0.2) is 0 Å². The maximum absolute atomic E-state index is 11.9. The summed E-state index contributed by atoms with van der Waals surface area (Å²) in [6.07, 6.45) is -5.67. The molecule has 1 rings (SSSR count). The fourth-order valence-corrected chi connectivity index (χ4v) is 1.95. The minimum absolute atomic E-state index is 0.00809. The van der Waals surface area contributed by atoms with E-state index in [9.17, 15) is 18.3 Å². The second-order valence-corrected chi connectivity index (χ2v) is 5.21. The summed E-state index contributed by atoms with van der Waals surface area (Å²) in [6.45, 7) is 4.45. The lowest BCUT2D eigenvalue weighted by atomic mass is 10.1. The maximum Gasteiger partial charge on any atom is 0.389 e. The zero-order valence-electron chi connectivity index (χ0n) is 12.3. The van der Waals surface area contributed by atoms with E-state index in [1.165, 1.54) is 0 Å². The third-order valence-electron chi connectivity index (χ3n) is 2.83. The molecule has 0 bridgehead atoms. The van der Waals surface area contributed by atoms with E-state index in [2.05, 4.69) is 5.32 Å². The van der Waals surface area contributed by atoms with Gasteiger partial charge in [0.05, 0.1) is 0 Å². The van der Waals surface area contributed by atoms with E-state index in [-0.39, 0.29) is 26.1 Å². The normalized spacial score (nSPS) is 13.2. The van der Waals surface area contributed by atoms with Gasteiger partial charge >= 0.3 is 6.18 Å². The summed E-state index contributed by atoms with van der Waals surface area (Å²) < 4.78 is 41.2. The lowest BCUT2D eigenvalue weighted by molar-refractivity contribution is -0.135. The molecule has 3 nitrogen and oxygen atoms in total. The highest BCUT2D eigenvalue weighted by Gasteiger charge is 2.25. The van der Waals surface area contributed by atoms with Crippen molar-refractivity contribution in [1.82, 2.24) is 5.32 Å². The smallest absolute Gasteiger partial charge is 0.389 e. The number of benzene rings is 1. The van der Waals surface area contributed by atoms with Gasteiger partial charge in [-0.15, -0.1) is 0 Å². The van der Waals surface area contributed by atoms with Crippen molar-refractivity contribution in [1.29, 1.82) is 0 Å². The average molecular weight is 305 g/mol. The Morgan fingerprint density at radius 1 is 1.19 bits per heavy atom. The van der Waals surface area contributed by atoms with Crippen LogP contribution >= 0.6 is 0 Å². The number of rotatable bonds is 8. The van der Waals surface area contributed by atoms with Crippen LogP contribution in [0.1, 0.15) is 24.0 Å². The Labute approximate surface area is 123 Å². The maximum atomic E-state index is 11.9. The SMILES string of the molecule is Cc1cc(C)cc(OCC(O)CNCCCC(F)(F)F)c1. The second-order valence-electron chi connectivity index (χ2n) is 5.21. The van der Waals surface area contributed by atoms with E-state index < -0.39 is 18.7 Å².